The van der Waals surface area contributed by atoms with Crippen LogP contribution in [0.15, 0.2) is 18.3 Å². The summed E-state index contributed by atoms with van der Waals surface area (Å²) in [6, 6.07) is 4.05. The number of nitrogens with one attached hydrogen (secondary N) is 1. The number of carbonyl (C=O) groups excluding carboxylic acids is 1. The zero-order valence-corrected chi connectivity index (χ0v) is 12.9. The highest BCUT2D eigenvalue weighted by atomic mass is 16.1. The molecular weight excluding hydrogens is 266 g/mol. The Bertz CT molecular complexity index is 454. The molecule has 0 saturated carbocycles. The van der Waals surface area contributed by atoms with Crippen LogP contribution in [0.4, 0.5) is 5.82 Å². The summed E-state index contributed by atoms with van der Waals surface area (Å²) in [5, 5.41) is 2.88. The van der Waals surface area contributed by atoms with Crippen LogP contribution in [0.5, 0.6) is 0 Å². The van der Waals surface area contributed by atoms with Gasteiger partial charge in [-0.2, -0.15) is 0 Å². The number of hydrogen-bond acceptors (Lipinski definition) is 5. The molecule has 1 unspecified atom stereocenters. The van der Waals surface area contributed by atoms with Crippen molar-refractivity contribution < 1.29 is 4.79 Å². The Kier molecular flexibility index (Phi) is 5.52. The number of aromatic nitrogens is 1. The number of likely N-dealkylation sites (N-methyl/N-ethyl adjacent to an activating group) is 1. The summed E-state index contributed by atoms with van der Waals surface area (Å²) < 4.78 is 0. The summed E-state index contributed by atoms with van der Waals surface area (Å²) >= 11 is 0. The van der Waals surface area contributed by atoms with Crippen molar-refractivity contribution in [1.82, 2.24) is 15.2 Å². The number of carbonyl (C=O) groups is 1. The van der Waals surface area contributed by atoms with Crippen molar-refractivity contribution in [2.45, 2.75) is 13.5 Å². The Labute approximate surface area is 126 Å². The van der Waals surface area contributed by atoms with Crippen LogP contribution in [-0.4, -0.2) is 55.6 Å². The number of nitrogens with two attached hydrogens (primary N) is 1. The fourth-order valence-electron chi connectivity index (χ4n) is 2.21. The molecule has 2 rings (SSSR count). The molecule has 1 aromatic heterocycles. The maximum Gasteiger partial charge on any atom is 0.224 e. The second-order valence-corrected chi connectivity index (χ2v) is 5.67. The zero-order chi connectivity index (χ0) is 15.2. The number of piperazine rings is 1. The highest BCUT2D eigenvalue weighted by molar-refractivity contribution is 5.78. The number of rotatable bonds is 5. The lowest BCUT2D eigenvalue weighted by Crippen LogP contribution is -2.44. The second-order valence-electron chi connectivity index (χ2n) is 5.67. The normalized spacial score (nSPS) is 17.6. The summed E-state index contributed by atoms with van der Waals surface area (Å²) in [6.45, 7) is 6.84. The van der Waals surface area contributed by atoms with Crippen LogP contribution in [0.25, 0.3) is 0 Å². The van der Waals surface area contributed by atoms with Crippen molar-refractivity contribution in [2.24, 2.45) is 11.7 Å². The molecule has 1 aliphatic heterocycles. The molecule has 6 nitrogen and oxygen atoms in total. The molecule has 3 N–H and O–H groups in total. The summed E-state index contributed by atoms with van der Waals surface area (Å²) in [4.78, 5) is 20.8. The van der Waals surface area contributed by atoms with Gasteiger partial charge in [0.2, 0.25) is 5.91 Å². The van der Waals surface area contributed by atoms with Crippen molar-refractivity contribution in [3.8, 4) is 0 Å². The van der Waals surface area contributed by atoms with Gasteiger partial charge in [0.25, 0.3) is 0 Å². The summed E-state index contributed by atoms with van der Waals surface area (Å²) in [7, 11) is 2.14. The number of nitrogens with zero attached hydrogens (tertiary/aromatic N) is 3. The Morgan fingerprint density at radius 2 is 2.10 bits per heavy atom. The van der Waals surface area contributed by atoms with Crippen molar-refractivity contribution >= 4 is 11.7 Å². The van der Waals surface area contributed by atoms with Crippen LogP contribution in [0.1, 0.15) is 12.5 Å². The standard InChI is InChI=1S/C15H25N5O/c1-12(9-16)15(21)18-11-13-3-4-14(17-10-13)20-7-5-19(2)6-8-20/h3-4,10,12H,5-9,11,16H2,1-2H3,(H,18,21). The van der Waals surface area contributed by atoms with E-state index in [4.69, 9.17) is 5.73 Å². The summed E-state index contributed by atoms with van der Waals surface area (Å²) in [6.07, 6.45) is 1.83. The molecule has 0 spiro atoms. The Morgan fingerprint density at radius 1 is 1.38 bits per heavy atom. The van der Waals surface area contributed by atoms with E-state index in [2.05, 4.69) is 27.1 Å². The third-order valence-corrected chi connectivity index (χ3v) is 3.90. The van der Waals surface area contributed by atoms with Crippen LogP contribution >= 0.6 is 0 Å². The van der Waals surface area contributed by atoms with Crippen LogP contribution < -0.4 is 16.0 Å². The minimum absolute atomic E-state index is 0.0133. The topological polar surface area (TPSA) is 74.5 Å². The molecule has 1 fully saturated rings. The molecule has 2 heterocycles. The zero-order valence-electron chi connectivity index (χ0n) is 12.9. The molecule has 1 aromatic rings. The third-order valence-electron chi connectivity index (χ3n) is 3.90. The molecule has 1 aliphatic rings. The first-order valence-electron chi connectivity index (χ1n) is 7.46. The third kappa shape index (κ3) is 4.41. The van der Waals surface area contributed by atoms with Gasteiger partial charge in [-0.1, -0.05) is 13.0 Å². The van der Waals surface area contributed by atoms with Gasteiger partial charge in [0.15, 0.2) is 0 Å². The predicted molar refractivity (Wildman–Crippen MR) is 84.0 cm³/mol. The molecule has 0 bridgehead atoms. The average Bonchev–Trinajstić information content (AvgIpc) is 2.53. The van der Waals surface area contributed by atoms with E-state index in [1.54, 1.807) is 0 Å². The van der Waals surface area contributed by atoms with Gasteiger partial charge in [0.05, 0.1) is 0 Å². The summed E-state index contributed by atoms with van der Waals surface area (Å²) in [5.74, 6) is 0.844. The van der Waals surface area contributed by atoms with Crippen LogP contribution in [-0.2, 0) is 11.3 Å². The Morgan fingerprint density at radius 3 is 2.67 bits per heavy atom. The van der Waals surface area contributed by atoms with Gasteiger partial charge in [-0.15, -0.1) is 0 Å². The fraction of sp³-hybridized carbons (Fsp3) is 0.600. The molecule has 1 atom stereocenters. The summed E-state index contributed by atoms with van der Waals surface area (Å²) in [5.41, 5.74) is 6.48. The molecule has 6 heteroatoms. The van der Waals surface area contributed by atoms with Gasteiger partial charge in [-0.3, -0.25) is 4.79 Å². The van der Waals surface area contributed by atoms with Gasteiger partial charge in [-0.25, -0.2) is 4.98 Å². The van der Waals surface area contributed by atoms with Crippen molar-refractivity contribution in [3.05, 3.63) is 23.9 Å². The van der Waals surface area contributed by atoms with Crippen LogP contribution in [0, 0.1) is 5.92 Å². The molecule has 1 amide bonds. The number of anilines is 1. The monoisotopic (exact) mass is 291 g/mol. The van der Waals surface area contributed by atoms with Crippen LogP contribution in [0.2, 0.25) is 0 Å². The van der Waals surface area contributed by atoms with E-state index in [1.807, 2.05) is 25.3 Å². The fourth-order valence-corrected chi connectivity index (χ4v) is 2.21. The van der Waals surface area contributed by atoms with E-state index >= 15 is 0 Å². The second kappa shape index (κ2) is 7.38. The SMILES string of the molecule is CC(CN)C(=O)NCc1ccc(N2CCN(C)CC2)nc1. The van der Waals surface area contributed by atoms with Crippen LogP contribution in [0.3, 0.4) is 0 Å². The van der Waals surface area contributed by atoms with Gasteiger partial charge in [-0.05, 0) is 18.7 Å². The molecule has 21 heavy (non-hydrogen) atoms. The van der Waals surface area contributed by atoms with E-state index in [0.717, 1.165) is 37.6 Å². The maximum absolute atomic E-state index is 11.7. The highest BCUT2D eigenvalue weighted by Crippen LogP contribution is 2.13. The Balaban J connectivity index is 1.86. The number of hydrogen-bond donors (Lipinski definition) is 2. The van der Waals surface area contributed by atoms with E-state index in [-0.39, 0.29) is 11.8 Å². The van der Waals surface area contributed by atoms with Gasteiger partial charge in [0, 0.05) is 51.4 Å². The lowest BCUT2D eigenvalue weighted by atomic mass is 10.1. The average molecular weight is 291 g/mol. The maximum atomic E-state index is 11.7. The lowest BCUT2D eigenvalue weighted by Gasteiger charge is -2.33. The predicted octanol–water partition coefficient (Wildman–Crippen LogP) is 0.0444. The molecule has 1 saturated heterocycles. The molecular formula is C15H25N5O. The van der Waals surface area contributed by atoms with Crippen molar-refractivity contribution in [3.63, 3.8) is 0 Å². The molecule has 0 aromatic carbocycles. The highest BCUT2D eigenvalue weighted by Gasteiger charge is 2.15. The first kappa shape index (κ1) is 15.7. The lowest BCUT2D eigenvalue weighted by molar-refractivity contribution is -0.124. The van der Waals surface area contributed by atoms with E-state index in [9.17, 15) is 4.79 Å². The van der Waals surface area contributed by atoms with E-state index < -0.39 is 0 Å². The number of pyridine rings is 1. The molecule has 116 valence electrons. The first-order valence-corrected chi connectivity index (χ1v) is 7.46. The molecule has 0 aliphatic carbocycles. The smallest absolute Gasteiger partial charge is 0.224 e. The van der Waals surface area contributed by atoms with E-state index in [1.165, 1.54) is 0 Å². The quantitative estimate of drug-likeness (QED) is 0.801. The van der Waals surface area contributed by atoms with Crippen molar-refractivity contribution in [2.75, 3.05) is 44.7 Å². The Hall–Kier alpha value is -1.66. The minimum atomic E-state index is -0.150. The minimum Gasteiger partial charge on any atom is -0.354 e. The first-order chi connectivity index (χ1) is 10.1. The van der Waals surface area contributed by atoms with Gasteiger partial charge in [0.1, 0.15) is 5.82 Å². The van der Waals surface area contributed by atoms with Gasteiger partial charge >= 0.3 is 0 Å². The number of amides is 1. The van der Waals surface area contributed by atoms with Crippen molar-refractivity contribution in [1.29, 1.82) is 0 Å². The van der Waals surface area contributed by atoms with E-state index in [0.29, 0.717) is 13.1 Å². The van der Waals surface area contributed by atoms with Gasteiger partial charge < -0.3 is 20.9 Å². The molecule has 0 radical (unpaired) electrons. The largest absolute Gasteiger partial charge is 0.354 e.